The normalized spacial score (nSPS) is 11.2. The number of aromatic nitrogens is 2. The van der Waals surface area contributed by atoms with E-state index in [0.29, 0.717) is 12.3 Å². The predicted octanol–water partition coefficient (Wildman–Crippen LogP) is 1.82. The number of carbonyl (C=O) groups is 1. The lowest BCUT2D eigenvalue weighted by atomic mass is 10.1. The first-order chi connectivity index (χ1) is 8.47. The van der Waals surface area contributed by atoms with E-state index in [1.807, 2.05) is 25.0 Å². The zero-order chi connectivity index (χ0) is 13.5. The average Bonchev–Trinajstić information content (AvgIpc) is 2.71. The lowest BCUT2D eigenvalue weighted by molar-refractivity contribution is -0.116. The number of anilines is 1. The number of nitrogens with one attached hydrogen (secondary N) is 1. The van der Waals surface area contributed by atoms with Crippen LogP contribution in [0.5, 0.6) is 0 Å². The van der Waals surface area contributed by atoms with E-state index in [-0.39, 0.29) is 5.91 Å². The molecule has 1 amide bonds. The third-order valence-electron chi connectivity index (χ3n) is 2.64. The highest BCUT2D eigenvalue weighted by Crippen LogP contribution is 2.08. The van der Waals surface area contributed by atoms with Crippen molar-refractivity contribution < 1.29 is 4.79 Å². The summed E-state index contributed by atoms with van der Waals surface area (Å²) in [5.74, 6) is 0.620. The summed E-state index contributed by atoms with van der Waals surface area (Å²) < 4.78 is 1.85. The highest BCUT2D eigenvalue weighted by Gasteiger charge is 2.05. The second kappa shape index (κ2) is 7.16. The second-order valence-corrected chi connectivity index (χ2v) is 5.28. The summed E-state index contributed by atoms with van der Waals surface area (Å²) >= 11 is 0. The van der Waals surface area contributed by atoms with E-state index in [1.165, 1.54) is 0 Å². The Morgan fingerprint density at radius 2 is 2.22 bits per heavy atom. The Bertz CT molecular complexity index is 371. The van der Waals surface area contributed by atoms with Gasteiger partial charge in [-0.05, 0) is 26.4 Å². The van der Waals surface area contributed by atoms with Crippen molar-refractivity contribution in [2.45, 2.75) is 33.2 Å². The zero-order valence-corrected chi connectivity index (χ0v) is 11.8. The molecule has 0 bridgehead atoms. The van der Waals surface area contributed by atoms with Gasteiger partial charge >= 0.3 is 0 Å². The van der Waals surface area contributed by atoms with E-state index in [4.69, 9.17) is 0 Å². The van der Waals surface area contributed by atoms with Crippen LogP contribution in [0.25, 0.3) is 0 Å². The van der Waals surface area contributed by atoms with Gasteiger partial charge in [-0.2, -0.15) is 5.10 Å². The van der Waals surface area contributed by atoms with Crippen LogP contribution in [-0.4, -0.2) is 41.2 Å². The van der Waals surface area contributed by atoms with Gasteiger partial charge in [-0.1, -0.05) is 13.8 Å². The van der Waals surface area contributed by atoms with Gasteiger partial charge in [-0.15, -0.1) is 0 Å². The molecule has 0 unspecified atom stereocenters. The molecule has 0 atom stereocenters. The Morgan fingerprint density at radius 3 is 2.83 bits per heavy atom. The number of carbonyl (C=O) groups excluding carboxylic acids is 1. The molecule has 1 aromatic heterocycles. The number of amides is 1. The molecule has 0 aliphatic carbocycles. The van der Waals surface area contributed by atoms with Gasteiger partial charge in [-0.25, -0.2) is 0 Å². The first-order valence-electron chi connectivity index (χ1n) is 6.44. The van der Waals surface area contributed by atoms with Crippen LogP contribution in [0.3, 0.4) is 0 Å². The molecule has 0 radical (unpaired) electrons. The number of hydrogen-bond donors (Lipinski definition) is 1. The van der Waals surface area contributed by atoms with Crippen LogP contribution in [-0.2, 0) is 11.3 Å². The van der Waals surface area contributed by atoms with Gasteiger partial charge in [0.2, 0.25) is 5.91 Å². The molecule has 0 aliphatic heterocycles. The lowest BCUT2D eigenvalue weighted by Crippen LogP contribution is -2.18. The predicted molar refractivity (Wildman–Crippen MR) is 73.5 cm³/mol. The van der Waals surface area contributed by atoms with Gasteiger partial charge in [0.25, 0.3) is 0 Å². The minimum absolute atomic E-state index is 0.0656. The van der Waals surface area contributed by atoms with Crippen LogP contribution in [0.4, 0.5) is 5.69 Å². The van der Waals surface area contributed by atoms with E-state index in [2.05, 4.69) is 29.2 Å². The standard InChI is InChI=1S/C13H24N4O/c1-11(2)5-6-13(18)15-12-9-14-17(10-12)8-7-16(3)4/h9-11H,5-8H2,1-4H3,(H,15,18). The minimum atomic E-state index is 0.0656. The molecular weight excluding hydrogens is 228 g/mol. The molecule has 1 N–H and O–H groups in total. The summed E-state index contributed by atoms with van der Waals surface area (Å²) in [6.45, 7) is 6.00. The third kappa shape index (κ3) is 5.82. The van der Waals surface area contributed by atoms with Crippen LogP contribution in [0.1, 0.15) is 26.7 Å². The minimum Gasteiger partial charge on any atom is -0.323 e. The Kier molecular flexibility index (Phi) is 5.85. The molecule has 0 aromatic carbocycles. The molecule has 0 aliphatic rings. The van der Waals surface area contributed by atoms with E-state index in [9.17, 15) is 4.79 Å². The Morgan fingerprint density at radius 1 is 1.50 bits per heavy atom. The monoisotopic (exact) mass is 252 g/mol. The Balaban J connectivity index is 2.36. The fourth-order valence-corrected chi connectivity index (χ4v) is 1.50. The van der Waals surface area contributed by atoms with Crippen molar-refractivity contribution >= 4 is 11.6 Å². The van der Waals surface area contributed by atoms with E-state index in [0.717, 1.165) is 25.2 Å². The summed E-state index contributed by atoms with van der Waals surface area (Å²) in [6.07, 6.45) is 5.06. The van der Waals surface area contributed by atoms with Gasteiger partial charge in [0.15, 0.2) is 0 Å². The first-order valence-corrected chi connectivity index (χ1v) is 6.44. The fraction of sp³-hybridized carbons (Fsp3) is 0.692. The summed E-state index contributed by atoms with van der Waals surface area (Å²) in [5, 5.41) is 7.08. The second-order valence-electron chi connectivity index (χ2n) is 5.28. The van der Waals surface area contributed by atoms with Gasteiger partial charge in [0.1, 0.15) is 0 Å². The highest BCUT2D eigenvalue weighted by atomic mass is 16.1. The van der Waals surface area contributed by atoms with Gasteiger partial charge in [-0.3, -0.25) is 9.48 Å². The maximum absolute atomic E-state index is 11.6. The summed E-state index contributed by atoms with van der Waals surface area (Å²) in [4.78, 5) is 13.7. The third-order valence-corrected chi connectivity index (χ3v) is 2.64. The molecule has 1 rings (SSSR count). The summed E-state index contributed by atoms with van der Waals surface area (Å²) in [5.41, 5.74) is 0.780. The first kappa shape index (κ1) is 14.7. The van der Waals surface area contributed by atoms with Crippen molar-refractivity contribution in [3.8, 4) is 0 Å². The van der Waals surface area contributed by atoms with E-state index in [1.54, 1.807) is 6.20 Å². The van der Waals surface area contributed by atoms with E-state index < -0.39 is 0 Å². The van der Waals surface area contributed by atoms with Crippen LogP contribution in [0, 0.1) is 5.92 Å². The quantitative estimate of drug-likeness (QED) is 0.805. The molecule has 1 aromatic rings. The number of nitrogens with zero attached hydrogens (tertiary/aromatic N) is 3. The van der Waals surface area contributed by atoms with Crippen molar-refractivity contribution in [2.24, 2.45) is 5.92 Å². The van der Waals surface area contributed by atoms with Gasteiger partial charge < -0.3 is 10.2 Å². The van der Waals surface area contributed by atoms with Crippen LogP contribution >= 0.6 is 0 Å². The number of likely N-dealkylation sites (N-methyl/N-ethyl adjacent to an activating group) is 1. The Labute approximate surface area is 109 Å². The summed E-state index contributed by atoms with van der Waals surface area (Å²) in [6, 6.07) is 0. The van der Waals surface area contributed by atoms with Crippen LogP contribution < -0.4 is 5.32 Å². The van der Waals surface area contributed by atoms with Crippen molar-refractivity contribution in [1.82, 2.24) is 14.7 Å². The largest absolute Gasteiger partial charge is 0.323 e. The maximum atomic E-state index is 11.6. The highest BCUT2D eigenvalue weighted by molar-refractivity contribution is 5.90. The van der Waals surface area contributed by atoms with Crippen LogP contribution in [0.2, 0.25) is 0 Å². The molecule has 0 saturated carbocycles. The summed E-state index contributed by atoms with van der Waals surface area (Å²) in [7, 11) is 4.05. The molecule has 1 heterocycles. The van der Waals surface area contributed by atoms with Gasteiger partial charge in [0.05, 0.1) is 18.4 Å². The number of hydrogen-bond acceptors (Lipinski definition) is 3. The molecule has 18 heavy (non-hydrogen) atoms. The van der Waals surface area contributed by atoms with E-state index >= 15 is 0 Å². The molecule has 0 saturated heterocycles. The average molecular weight is 252 g/mol. The molecule has 5 nitrogen and oxygen atoms in total. The smallest absolute Gasteiger partial charge is 0.224 e. The number of rotatable bonds is 7. The zero-order valence-electron chi connectivity index (χ0n) is 11.8. The van der Waals surface area contributed by atoms with Crippen molar-refractivity contribution in [2.75, 3.05) is 26.0 Å². The van der Waals surface area contributed by atoms with Gasteiger partial charge in [0, 0.05) is 19.2 Å². The van der Waals surface area contributed by atoms with Crippen molar-refractivity contribution in [1.29, 1.82) is 0 Å². The molecule has 0 fully saturated rings. The maximum Gasteiger partial charge on any atom is 0.224 e. The SMILES string of the molecule is CC(C)CCC(=O)Nc1cnn(CCN(C)C)c1. The van der Waals surface area contributed by atoms with Crippen molar-refractivity contribution in [3.05, 3.63) is 12.4 Å². The molecular formula is C13H24N4O. The molecule has 102 valence electrons. The topological polar surface area (TPSA) is 50.2 Å². The fourth-order valence-electron chi connectivity index (χ4n) is 1.50. The molecule has 5 heteroatoms. The molecule has 0 spiro atoms. The lowest BCUT2D eigenvalue weighted by Gasteiger charge is -2.08. The van der Waals surface area contributed by atoms with Crippen LogP contribution in [0.15, 0.2) is 12.4 Å². The Hall–Kier alpha value is -1.36. The van der Waals surface area contributed by atoms with Crippen molar-refractivity contribution in [3.63, 3.8) is 0 Å².